The number of carbonyl (C=O) groups is 1. The van der Waals surface area contributed by atoms with E-state index in [1.807, 2.05) is 17.5 Å². The van der Waals surface area contributed by atoms with Crippen LogP contribution in [0.4, 0.5) is 0 Å². The molecule has 1 aliphatic rings. The molecule has 3 aromatic heterocycles. The monoisotopic (exact) mass is 406 g/mol. The van der Waals surface area contributed by atoms with Crippen molar-refractivity contribution >= 4 is 27.3 Å². The predicted molar refractivity (Wildman–Crippen MR) is 99.8 cm³/mol. The molecule has 0 aromatic carbocycles. The third-order valence-corrected chi connectivity index (χ3v) is 7.14. The van der Waals surface area contributed by atoms with Crippen molar-refractivity contribution in [2.45, 2.75) is 11.4 Å². The van der Waals surface area contributed by atoms with Crippen LogP contribution >= 0.6 is 11.3 Å². The first-order valence-corrected chi connectivity index (χ1v) is 10.7. The van der Waals surface area contributed by atoms with Crippen molar-refractivity contribution in [1.82, 2.24) is 29.4 Å². The number of H-pyrrole nitrogens is 2. The number of hydrogen-bond acceptors (Lipinski definition) is 6. The highest BCUT2D eigenvalue weighted by Gasteiger charge is 2.30. The van der Waals surface area contributed by atoms with Crippen LogP contribution in [0.15, 0.2) is 41.1 Å². The van der Waals surface area contributed by atoms with E-state index in [0.717, 1.165) is 10.6 Å². The second kappa shape index (κ2) is 7.25. The highest BCUT2D eigenvalue weighted by atomic mass is 32.2. The third kappa shape index (κ3) is 3.53. The fourth-order valence-electron chi connectivity index (χ4n) is 3.01. The van der Waals surface area contributed by atoms with Crippen LogP contribution in [0.25, 0.3) is 10.6 Å². The van der Waals surface area contributed by atoms with Gasteiger partial charge in [-0.05, 0) is 23.9 Å². The number of thiophene rings is 1. The summed E-state index contributed by atoms with van der Waals surface area (Å²) in [5, 5.41) is 9.05. The van der Waals surface area contributed by atoms with Crippen LogP contribution in [0.2, 0.25) is 0 Å². The molecule has 4 heterocycles. The lowest BCUT2D eigenvalue weighted by molar-refractivity contribution is 0.0758. The van der Waals surface area contributed by atoms with E-state index >= 15 is 0 Å². The summed E-state index contributed by atoms with van der Waals surface area (Å²) in [4.78, 5) is 21.9. The number of nitrogens with zero attached hydrogens (tertiary/aromatic N) is 4. The minimum absolute atomic E-state index is 0.0650. The molecule has 27 heavy (non-hydrogen) atoms. The number of aromatic nitrogens is 4. The summed E-state index contributed by atoms with van der Waals surface area (Å²) >= 11 is 1.56. The highest BCUT2D eigenvalue weighted by molar-refractivity contribution is 7.89. The Morgan fingerprint density at radius 1 is 1.22 bits per heavy atom. The second-order valence-electron chi connectivity index (χ2n) is 6.11. The van der Waals surface area contributed by atoms with Gasteiger partial charge in [-0.15, -0.1) is 11.3 Å². The van der Waals surface area contributed by atoms with Gasteiger partial charge < -0.3 is 9.88 Å². The van der Waals surface area contributed by atoms with Gasteiger partial charge in [0.2, 0.25) is 0 Å². The first kappa shape index (κ1) is 17.9. The van der Waals surface area contributed by atoms with Crippen molar-refractivity contribution < 1.29 is 13.2 Å². The van der Waals surface area contributed by atoms with Crippen molar-refractivity contribution in [3.63, 3.8) is 0 Å². The van der Waals surface area contributed by atoms with Crippen LogP contribution in [0.5, 0.6) is 0 Å². The molecule has 0 saturated carbocycles. The third-order valence-electron chi connectivity index (χ3n) is 4.42. The Hall–Kier alpha value is -2.50. The molecule has 0 aliphatic carbocycles. The van der Waals surface area contributed by atoms with Crippen LogP contribution in [-0.2, 0) is 10.0 Å². The molecule has 3 aromatic rings. The van der Waals surface area contributed by atoms with E-state index in [-0.39, 0.29) is 17.5 Å². The summed E-state index contributed by atoms with van der Waals surface area (Å²) in [7, 11) is -3.62. The van der Waals surface area contributed by atoms with Gasteiger partial charge >= 0.3 is 0 Å². The number of rotatable bonds is 4. The molecule has 0 atom stereocenters. The molecule has 2 N–H and O–H groups in total. The second-order valence-corrected chi connectivity index (χ2v) is 8.96. The minimum Gasteiger partial charge on any atom is -0.336 e. The van der Waals surface area contributed by atoms with E-state index < -0.39 is 10.0 Å². The average molecular weight is 406 g/mol. The molecule has 1 amide bonds. The van der Waals surface area contributed by atoms with Crippen molar-refractivity contribution in [2.75, 3.05) is 26.2 Å². The number of aromatic amines is 2. The van der Waals surface area contributed by atoms with Gasteiger partial charge in [-0.2, -0.15) is 9.40 Å². The van der Waals surface area contributed by atoms with E-state index in [9.17, 15) is 13.2 Å². The number of amides is 1. The molecule has 142 valence electrons. The summed E-state index contributed by atoms with van der Waals surface area (Å²) in [5.74, 6) is -0.199. The van der Waals surface area contributed by atoms with Gasteiger partial charge in [0.1, 0.15) is 0 Å². The summed E-state index contributed by atoms with van der Waals surface area (Å²) in [5.41, 5.74) is 1.13. The first-order chi connectivity index (χ1) is 13.1. The summed E-state index contributed by atoms with van der Waals surface area (Å²) in [6.45, 7) is 1.38. The van der Waals surface area contributed by atoms with Crippen molar-refractivity contribution in [3.05, 3.63) is 41.8 Å². The molecule has 0 bridgehead atoms. The van der Waals surface area contributed by atoms with Gasteiger partial charge in [0.15, 0.2) is 10.7 Å². The Bertz CT molecular complexity index is 1010. The summed E-state index contributed by atoms with van der Waals surface area (Å²) < 4.78 is 26.6. The van der Waals surface area contributed by atoms with E-state index in [2.05, 4.69) is 20.2 Å². The van der Waals surface area contributed by atoms with Gasteiger partial charge in [-0.1, -0.05) is 6.07 Å². The molecule has 4 rings (SSSR count). The topological polar surface area (TPSA) is 115 Å². The number of nitrogens with one attached hydrogen (secondary N) is 2. The van der Waals surface area contributed by atoms with Gasteiger partial charge in [0.25, 0.3) is 15.9 Å². The maximum absolute atomic E-state index is 12.8. The Kier molecular flexibility index (Phi) is 4.81. The molecule has 0 unspecified atom stereocenters. The lowest BCUT2D eigenvalue weighted by Gasteiger charge is -2.20. The van der Waals surface area contributed by atoms with Crippen LogP contribution in [-0.4, -0.2) is 69.9 Å². The zero-order valence-corrected chi connectivity index (χ0v) is 16.0. The molecular formula is C16H18N6O3S2. The zero-order chi connectivity index (χ0) is 18.9. The maximum atomic E-state index is 12.8. The molecule has 0 spiro atoms. The zero-order valence-electron chi connectivity index (χ0n) is 14.3. The quantitative estimate of drug-likeness (QED) is 0.680. The number of carbonyl (C=O) groups excluding carboxylic acids is 1. The Morgan fingerprint density at radius 3 is 2.85 bits per heavy atom. The van der Waals surface area contributed by atoms with Crippen molar-refractivity contribution in [2.24, 2.45) is 0 Å². The van der Waals surface area contributed by atoms with Gasteiger partial charge in [-0.25, -0.2) is 13.4 Å². The van der Waals surface area contributed by atoms with E-state index in [0.29, 0.717) is 31.7 Å². The van der Waals surface area contributed by atoms with Gasteiger partial charge in [0.05, 0.1) is 23.1 Å². The first-order valence-electron chi connectivity index (χ1n) is 8.43. The molecule has 11 heteroatoms. The van der Waals surface area contributed by atoms with Gasteiger partial charge in [-0.3, -0.25) is 9.89 Å². The van der Waals surface area contributed by atoms with Crippen LogP contribution in [0.3, 0.4) is 0 Å². The molecule has 9 nitrogen and oxygen atoms in total. The van der Waals surface area contributed by atoms with Crippen LogP contribution in [0.1, 0.15) is 16.9 Å². The van der Waals surface area contributed by atoms with E-state index in [1.54, 1.807) is 22.3 Å². The normalized spacial score (nSPS) is 16.4. The standard InChI is InChI=1S/C16H18N6O3S2/c23-16(13-9-12(19-20-13)14-3-1-8-26-14)21-4-2-5-22(7-6-21)27(24,25)15-10-17-11-18-15/h1,3,8-11H,2,4-7H2,(H,17,18)(H,19,20). The lowest BCUT2D eigenvalue weighted by atomic mass is 10.3. The SMILES string of the molecule is O=C(c1cc(-c2cccs2)[nH]n1)N1CCCN(S(=O)(=O)c2cnc[nH]2)CC1. The van der Waals surface area contributed by atoms with Gasteiger partial charge in [0, 0.05) is 26.2 Å². The summed E-state index contributed by atoms with van der Waals surface area (Å²) in [6.07, 6.45) is 3.18. The molecule has 1 aliphatic heterocycles. The highest BCUT2D eigenvalue weighted by Crippen LogP contribution is 2.23. The lowest BCUT2D eigenvalue weighted by Crippen LogP contribution is -2.37. The van der Waals surface area contributed by atoms with Crippen LogP contribution in [0, 0.1) is 0 Å². The van der Waals surface area contributed by atoms with E-state index in [1.165, 1.54) is 16.8 Å². The largest absolute Gasteiger partial charge is 0.336 e. The van der Waals surface area contributed by atoms with Crippen molar-refractivity contribution in [1.29, 1.82) is 0 Å². The molecule has 0 radical (unpaired) electrons. The summed E-state index contributed by atoms with van der Waals surface area (Å²) in [6, 6.07) is 5.63. The number of hydrogen-bond donors (Lipinski definition) is 2. The minimum atomic E-state index is -3.62. The van der Waals surface area contributed by atoms with E-state index in [4.69, 9.17) is 0 Å². The Balaban J connectivity index is 1.46. The van der Waals surface area contributed by atoms with Crippen molar-refractivity contribution in [3.8, 4) is 10.6 Å². The fraction of sp³-hybridized carbons (Fsp3) is 0.312. The maximum Gasteiger partial charge on any atom is 0.274 e. The number of sulfonamides is 1. The molecule has 1 saturated heterocycles. The predicted octanol–water partition coefficient (Wildman–Crippen LogP) is 1.40. The number of imidazole rings is 1. The Labute approximate surface area is 160 Å². The smallest absolute Gasteiger partial charge is 0.274 e. The molecular weight excluding hydrogens is 388 g/mol. The molecule has 1 fully saturated rings. The fourth-order valence-corrected chi connectivity index (χ4v) is 5.07. The Morgan fingerprint density at radius 2 is 2.11 bits per heavy atom. The average Bonchev–Trinajstić information content (AvgIpc) is 3.40. The van der Waals surface area contributed by atoms with Crippen LogP contribution < -0.4 is 0 Å².